The number of aromatic nitrogens is 2. The molecule has 1 fully saturated rings. The number of amides is 2. The molecule has 2 heterocycles. The van der Waals surface area contributed by atoms with Gasteiger partial charge in [-0.15, -0.1) is 0 Å². The number of carbonyl (C=O) groups excluding carboxylic acids is 1. The Morgan fingerprint density at radius 3 is 2.70 bits per heavy atom. The number of sulfone groups is 1. The number of urea groups is 1. The van der Waals surface area contributed by atoms with Crippen LogP contribution >= 0.6 is 0 Å². The summed E-state index contributed by atoms with van der Waals surface area (Å²) in [4.78, 5) is 12.2. The van der Waals surface area contributed by atoms with Crippen LogP contribution in [0.1, 0.15) is 23.7 Å². The van der Waals surface area contributed by atoms with Gasteiger partial charge in [0, 0.05) is 12.6 Å². The molecule has 0 unspecified atom stereocenters. The zero-order valence-corrected chi connectivity index (χ0v) is 16.3. The van der Waals surface area contributed by atoms with Crippen molar-refractivity contribution in [2.24, 2.45) is 0 Å². The van der Waals surface area contributed by atoms with E-state index >= 15 is 0 Å². The highest BCUT2D eigenvalue weighted by Gasteiger charge is 2.31. The van der Waals surface area contributed by atoms with Crippen LogP contribution in [0.2, 0.25) is 0 Å². The van der Waals surface area contributed by atoms with Crippen molar-refractivity contribution >= 4 is 21.7 Å². The summed E-state index contributed by atoms with van der Waals surface area (Å²) in [7, 11) is -1.41. The van der Waals surface area contributed by atoms with Gasteiger partial charge in [0.1, 0.15) is 11.6 Å². The third kappa shape index (κ3) is 5.00. The molecule has 8 nitrogen and oxygen atoms in total. The first kappa shape index (κ1) is 19.2. The summed E-state index contributed by atoms with van der Waals surface area (Å²) in [6.45, 7) is 2.29. The van der Waals surface area contributed by atoms with Crippen molar-refractivity contribution in [1.82, 2.24) is 15.1 Å². The molecule has 0 bridgehead atoms. The molecular formula is C18H24N4O4S. The summed E-state index contributed by atoms with van der Waals surface area (Å²) in [6, 6.07) is 8.84. The molecule has 27 heavy (non-hydrogen) atoms. The first-order valence-corrected chi connectivity index (χ1v) is 10.6. The van der Waals surface area contributed by atoms with Crippen LogP contribution in [0.5, 0.6) is 5.75 Å². The summed E-state index contributed by atoms with van der Waals surface area (Å²) in [5.41, 5.74) is 1.82. The molecule has 2 N–H and O–H groups in total. The minimum Gasteiger partial charge on any atom is -0.497 e. The van der Waals surface area contributed by atoms with Crippen molar-refractivity contribution in [1.29, 1.82) is 0 Å². The second-order valence-corrected chi connectivity index (χ2v) is 8.88. The van der Waals surface area contributed by atoms with Crippen LogP contribution in [0, 0.1) is 6.92 Å². The topological polar surface area (TPSA) is 102 Å². The number of benzene rings is 1. The summed E-state index contributed by atoms with van der Waals surface area (Å²) in [5, 5.41) is 9.94. The minimum absolute atomic E-state index is 0.0574. The highest BCUT2D eigenvalue weighted by Crippen LogP contribution is 2.27. The molecule has 1 saturated heterocycles. The Morgan fingerprint density at radius 2 is 2.07 bits per heavy atom. The summed E-state index contributed by atoms with van der Waals surface area (Å²) in [6.07, 6.45) is 1.20. The van der Waals surface area contributed by atoms with E-state index in [0.717, 1.165) is 17.0 Å². The van der Waals surface area contributed by atoms with Crippen LogP contribution in [0.4, 0.5) is 10.6 Å². The lowest BCUT2D eigenvalue weighted by Gasteiger charge is -2.14. The van der Waals surface area contributed by atoms with Gasteiger partial charge < -0.3 is 10.1 Å². The lowest BCUT2D eigenvalue weighted by atomic mass is 10.1. The molecule has 0 saturated carbocycles. The molecule has 1 aliphatic rings. The molecule has 146 valence electrons. The number of rotatable bonds is 6. The predicted molar refractivity (Wildman–Crippen MR) is 103 cm³/mol. The van der Waals surface area contributed by atoms with Crippen LogP contribution in [-0.4, -0.2) is 49.4 Å². The summed E-state index contributed by atoms with van der Waals surface area (Å²) >= 11 is 0. The predicted octanol–water partition coefficient (Wildman–Crippen LogP) is 1.92. The van der Waals surface area contributed by atoms with E-state index in [1.807, 2.05) is 31.2 Å². The maximum atomic E-state index is 12.2. The SMILES string of the molecule is COc1ccc(CCNC(=O)Nc2cc(C)nn2[C@@H]2CCS(=O)(=O)C2)cc1. The van der Waals surface area contributed by atoms with E-state index in [-0.39, 0.29) is 23.6 Å². The van der Waals surface area contributed by atoms with Gasteiger partial charge in [0.05, 0.1) is 30.4 Å². The standard InChI is InChI=1S/C18H24N4O4S/c1-13-11-17(22(21-13)15-8-10-27(24,25)12-15)20-18(23)19-9-7-14-3-5-16(26-2)6-4-14/h3-6,11,15H,7-10,12H2,1-2H3,(H2,19,20,23)/t15-/m1/s1. The molecule has 0 aliphatic carbocycles. The van der Waals surface area contributed by atoms with Gasteiger partial charge in [0.25, 0.3) is 0 Å². The fraction of sp³-hybridized carbons (Fsp3) is 0.444. The smallest absolute Gasteiger partial charge is 0.320 e. The van der Waals surface area contributed by atoms with Crippen LogP contribution in [0.15, 0.2) is 30.3 Å². The molecule has 1 aromatic carbocycles. The van der Waals surface area contributed by atoms with Crippen LogP contribution < -0.4 is 15.4 Å². The highest BCUT2D eigenvalue weighted by atomic mass is 32.2. The van der Waals surface area contributed by atoms with Gasteiger partial charge in [-0.2, -0.15) is 5.10 Å². The number of hydrogen-bond donors (Lipinski definition) is 2. The van der Waals surface area contributed by atoms with Crippen molar-refractivity contribution in [3.05, 3.63) is 41.6 Å². The van der Waals surface area contributed by atoms with E-state index < -0.39 is 9.84 Å². The number of carbonyl (C=O) groups is 1. The van der Waals surface area contributed by atoms with Gasteiger partial charge >= 0.3 is 6.03 Å². The van der Waals surface area contributed by atoms with Gasteiger partial charge in [0.15, 0.2) is 9.84 Å². The molecule has 9 heteroatoms. The molecule has 2 amide bonds. The van der Waals surface area contributed by atoms with Gasteiger partial charge in [-0.25, -0.2) is 17.9 Å². The lowest BCUT2D eigenvalue weighted by Crippen LogP contribution is -2.31. The minimum atomic E-state index is -3.03. The van der Waals surface area contributed by atoms with E-state index in [0.29, 0.717) is 25.2 Å². The van der Waals surface area contributed by atoms with Crippen molar-refractivity contribution < 1.29 is 17.9 Å². The van der Waals surface area contributed by atoms with Crippen molar-refractivity contribution in [2.75, 3.05) is 30.5 Å². The molecule has 1 atom stereocenters. The summed E-state index contributed by atoms with van der Waals surface area (Å²) < 4.78 is 30.2. The average Bonchev–Trinajstić information content (AvgIpc) is 3.17. The van der Waals surface area contributed by atoms with Crippen molar-refractivity contribution in [3.8, 4) is 5.75 Å². The van der Waals surface area contributed by atoms with Crippen LogP contribution in [0.3, 0.4) is 0 Å². The fourth-order valence-corrected chi connectivity index (χ4v) is 4.82. The Balaban J connectivity index is 1.55. The third-order valence-electron chi connectivity index (χ3n) is 4.51. The van der Waals surface area contributed by atoms with Crippen LogP contribution in [-0.2, 0) is 16.3 Å². The number of anilines is 1. The average molecular weight is 392 g/mol. The fourth-order valence-electron chi connectivity index (χ4n) is 3.13. The number of aryl methyl sites for hydroxylation is 1. The highest BCUT2D eigenvalue weighted by molar-refractivity contribution is 7.91. The number of nitrogens with one attached hydrogen (secondary N) is 2. The first-order chi connectivity index (χ1) is 12.9. The maximum Gasteiger partial charge on any atom is 0.320 e. The Kier molecular flexibility index (Phi) is 5.69. The Labute approximate surface area is 158 Å². The molecule has 0 spiro atoms. The van der Waals surface area contributed by atoms with E-state index in [4.69, 9.17) is 4.74 Å². The number of nitrogens with zero attached hydrogens (tertiary/aromatic N) is 2. The second kappa shape index (κ2) is 7.99. The van der Waals surface area contributed by atoms with Crippen molar-refractivity contribution in [3.63, 3.8) is 0 Å². The third-order valence-corrected chi connectivity index (χ3v) is 6.26. The van der Waals surface area contributed by atoms with Gasteiger partial charge in [-0.05, 0) is 37.5 Å². The van der Waals surface area contributed by atoms with E-state index in [2.05, 4.69) is 15.7 Å². The van der Waals surface area contributed by atoms with Gasteiger partial charge in [0.2, 0.25) is 0 Å². The molecular weight excluding hydrogens is 368 g/mol. The van der Waals surface area contributed by atoms with Crippen molar-refractivity contribution in [2.45, 2.75) is 25.8 Å². The van der Waals surface area contributed by atoms with Crippen LogP contribution in [0.25, 0.3) is 0 Å². The van der Waals surface area contributed by atoms with E-state index in [1.54, 1.807) is 17.9 Å². The Morgan fingerprint density at radius 1 is 1.33 bits per heavy atom. The number of methoxy groups -OCH3 is 1. The molecule has 3 rings (SSSR count). The Hall–Kier alpha value is -2.55. The summed E-state index contributed by atoms with van der Waals surface area (Å²) in [5.74, 6) is 1.52. The number of ether oxygens (including phenoxy) is 1. The normalized spacial score (nSPS) is 18.2. The largest absolute Gasteiger partial charge is 0.497 e. The zero-order valence-electron chi connectivity index (χ0n) is 15.4. The van der Waals surface area contributed by atoms with E-state index in [1.165, 1.54) is 0 Å². The molecule has 1 aromatic heterocycles. The number of hydrogen-bond acceptors (Lipinski definition) is 5. The van der Waals surface area contributed by atoms with Gasteiger partial charge in [-0.3, -0.25) is 5.32 Å². The van der Waals surface area contributed by atoms with E-state index in [9.17, 15) is 13.2 Å². The van der Waals surface area contributed by atoms with Gasteiger partial charge in [-0.1, -0.05) is 12.1 Å². The molecule has 2 aromatic rings. The molecule has 1 aliphatic heterocycles. The lowest BCUT2D eigenvalue weighted by molar-refractivity contribution is 0.252. The Bertz CT molecular complexity index is 906. The zero-order chi connectivity index (χ0) is 19.4. The monoisotopic (exact) mass is 392 g/mol. The maximum absolute atomic E-state index is 12.2. The quantitative estimate of drug-likeness (QED) is 0.782. The second-order valence-electron chi connectivity index (χ2n) is 6.65. The first-order valence-electron chi connectivity index (χ1n) is 8.80. The molecule has 0 radical (unpaired) electrons.